The second-order valence-corrected chi connectivity index (χ2v) is 5.06. The molecule has 2 aromatic carbocycles. The van der Waals surface area contributed by atoms with Crippen molar-refractivity contribution in [2.24, 2.45) is 0 Å². The zero-order valence-corrected chi connectivity index (χ0v) is 12.8. The molecule has 0 aliphatic heterocycles. The van der Waals surface area contributed by atoms with Gasteiger partial charge in [0.2, 0.25) is 0 Å². The van der Waals surface area contributed by atoms with Gasteiger partial charge in [-0.1, -0.05) is 42.5 Å². The molecule has 0 bridgehead atoms. The smallest absolute Gasteiger partial charge is 0.360 e. The predicted octanol–water partition coefficient (Wildman–Crippen LogP) is 3.07. The highest BCUT2D eigenvalue weighted by Crippen LogP contribution is 2.17. The number of nitrogens with one attached hydrogen (secondary N) is 1. The van der Waals surface area contributed by atoms with Crippen molar-refractivity contribution < 1.29 is 9.53 Å². The standard InChI is InChI=1S/C18H17N3O2/c1-23-18(22)16-17(19-12-11-13-7-3-2-4-8-13)21-15-10-6-5-9-14(15)20-16/h2-10H,11-12H2,1H3,(H,19,21). The van der Waals surface area contributed by atoms with E-state index in [1.807, 2.05) is 42.5 Å². The summed E-state index contributed by atoms with van der Waals surface area (Å²) < 4.78 is 4.81. The molecule has 0 fully saturated rings. The summed E-state index contributed by atoms with van der Waals surface area (Å²) in [6, 6.07) is 17.6. The van der Waals surface area contributed by atoms with E-state index in [1.165, 1.54) is 12.7 Å². The Morgan fingerprint density at radius 2 is 1.65 bits per heavy atom. The molecule has 3 aromatic rings. The van der Waals surface area contributed by atoms with Crippen LogP contribution in [0.3, 0.4) is 0 Å². The van der Waals surface area contributed by atoms with Crippen LogP contribution in [-0.4, -0.2) is 29.6 Å². The first kappa shape index (κ1) is 15.0. The fraction of sp³-hybridized carbons (Fsp3) is 0.167. The van der Waals surface area contributed by atoms with Crippen LogP contribution in [0.2, 0.25) is 0 Å². The van der Waals surface area contributed by atoms with Crippen molar-refractivity contribution in [2.75, 3.05) is 19.0 Å². The summed E-state index contributed by atoms with van der Waals surface area (Å²) >= 11 is 0. The number of benzene rings is 2. The molecule has 0 aliphatic carbocycles. The van der Waals surface area contributed by atoms with E-state index < -0.39 is 5.97 Å². The van der Waals surface area contributed by atoms with Gasteiger partial charge in [-0.05, 0) is 24.1 Å². The van der Waals surface area contributed by atoms with Gasteiger partial charge in [0.1, 0.15) is 0 Å². The van der Waals surface area contributed by atoms with E-state index in [2.05, 4.69) is 27.4 Å². The predicted molar refractivity (Wildman–Crippen MR) is 89.5 cm³/mol. The Morgan fingerprint density at radius 3 is 2.35 bits per heavy atom. The molecule has 1 aromatic heterocycles. The third kappa shape index (κ3) is 3.45. The zero-order chi connectivity index (χ0) is 16.1. The molecule has 0 radical (unpaired) electrons. The number of para-hydroxylation sites is 2. The first-order chi connectivity index (χ1) is 11.3. The lowest BCUT2D eigenvalue weighted by Crippen LogP contribution is -2.14. The Kier molecular flexibility index (Phi) is 4.47. The molecule has 5 heteroatoms. The summed E-state index contributed by atoms with van der Waals surface area (Å²) in [4.78, 5) is 20.8. The van der Waals surface area contributed by atoms with Crippen molar-refractivity contribution in [3.63, 3.8) is 0 Å². The summed E-state index contributed by atoms with van der Waals surface area (Å²) in [7, 11) is 1.34. The molecule has 0 spiro atoms. The normalized spacial score (nSPS) is 10.5. The summed E-state index contributed by atoms with van der Waals surface area (Å²) in [5.41, 5.74) is 2.83. The van der Waals surface area contributed by atoms with E-state index in [0.717, 1.165) is 11.9 Å². The molecule has 1 heterocycles. The number of nitrogens with zero attached hydrogens (tertiary/aromatic N) is 2. The van der Waals surface area contributed by atoms with Crippen LogP contribution in [0.5, 0.6) is 0 Å². The number of carbonyl (C=O) groups excluding carboxylic acids is 1. The second kappa shape index (κ2) is 6.87. The largest absolute Gasteiger partial charge is 0.464 e. The molecule has 0 saturated heterocycles. The molecule has 0 atom stereocenters. The van der Waals surface area contributed by atoms with Gasteiger partial charge in [0.15, 0.2) is 11.5 Å². The summed E-state index contributed by atoms with van der Waals surface area (Å²) in [6.07, 6.45) is 0.829. The van der Waals surface area contributed by atoms with Gasteiger partial charge in [-0.15, -0.1) is 0 Å². The van der Waals surface area contributed by atoms with Crippen LogP contribution in [0.4, 0.5) is 5.82 Å². The molecular weight excluding hydrogens is 290 g/mol. The number of rotatable bonds is 5. The van der Waals surface area contributed by atoms with Gasteiger partial charge >= 0.3 is 5.97 Å². The van der Waals surface area contributed by atoms with Crippen molar-refractivity contribution in [3.05, 3.63) is 65.9 Å². The summed E-state index contributed by atoms with van der Waals surface area (Å²) in [6.45, 7) is 0.654. The Hall–Kier alpha value is -2.95. The number of hydrogen-bond acceptors (Lipinski definition) is 5. The Bertz CT molecular complexity index is 819. The van der Waals surface area contributed by atoms with Crippen LogP contribution in [0.25, 0.3) is 11.0 Å². The van der Waals surface area contributed by atoms with Crippen LogP contribution in [-0.2, 0) is 11.2 Å². The maximum absolute atomic E-state index is 11.9. The maximum Gasteiger partial charge on any atom is 0.360 e. The molecule has 1 N–H and O–H groups in total. The molecular formula is C18H17N3O2. The first-order valence-corrected chi connectivity index (χ1v) is 7.41. The number of carbonyl (C=O) groups is 1. The second-order valence-electron chi connectivity index (χ2n) is 5.06. The van der Waals surface area contributed by atoms with Crippen LogP contribution >= 0.6 is 0 Å². The van der Waals surface area contributed by atoms with Crippen LogP contribution in [0.15, 0.2) is 54.6 Å². The minimum Gasteiger partial charge on any atom is -0.464 e. The Morgan fingerprint density at radius 1 is 1.00 bits per heavy atom. The topological polar surface area (TPSA) is 64.1 Å². The third-order valence-electron chi connectivity index (χ3n) is 3.50. The van der Waals surface area contributed by atoms with Gasteiger partial charge in [0, 0.05) is 6.54 Å². The highest BCUT2D eigenvalue weighted by Gasteiger charge is 2.16. The number of anilines is 1. The number of aromatic nitrogens is 2. The van der Waals surface area contributed by atoms with Gasteiger partial charge in [0.05, 0.1) is 18.1 Å². The highest BCUT2D eigenvalue weighted by atomic mass is 16.5. The Balaban J connectivity index is 1.84. The van der Waals surface area contributed by atoms with Crippen molar-refractivity contribution in [2.45, 2.75) is 6.42 Å². The van der Waals surface area contributed by atoms with Crippen LogP contribution in [0.1, 0.15) is 16.1 Å². The van der Waals surface area contributed by atoms with Crippen LogP contribution < -0.4 is 5.32 Å². The minimum absolute atomic E-state index is 0.208. The average molecular weight is 307 g/mol. The maximum atomic E-state index is 11.9. The SMILES string of the molecule is COC(=O)c1nc2ccccc2nc1NCCc1ccccc1. The zero-order valence-electron chi connectivity index (χ0n) is 12.8. The van der Waals surface area contributed by atoms with E-state index in [4.69, 9.17) is 4.74 Å². The van der Waals surface area contributed by atoms with Gasteiger partial charge in [-0.3, -0.25) is 0 Å². The van der Waals surface area contributed by atoms with E-state index in [0.29, 0.717) is 17.9 Å². The molecule has 0 unspecified atom stereocenters. The van der Waals surface area contributed by atoms with Crippen molar-refractivity contribution >= 4 is 22.8 Å². The average Bonchev–Trinajstić information content (AvgIpc) is 2.61. The lowest BCUT2D eigenvalue weighted by atomic mass is 10.1. The quantitative estimate of drug-likeness (QED) is 0.734. The van der Waals surface area contributed by atoms with Crippen molar-refractivity contribution in [3.8, 4) is 0 Å². The Labute approximate surface area is 134 Å². The lowest BCUT2D eigenvalue weighted by molar-refractivity contribution is 0.0595. The van der Waals surface area contributed by atoms with E-state index in [9.17, 15) is 4.79 Å². The van der Waals surface area contributed by atoms with E-state index >= 15 is 0 Å². The van der Waals surface area contributed by atoms with Gasteiger partial charge in [0.25, 0.3) is 0 Å². The summed E-state index contributed by atoms with van der Waals surface area (Å²) in [5, 5.41) is 3.19. The number of hydrogen-bond donors (Lipinski definition) is 1. The van der Waals surface area contributed by atoms with Crippen molar-refractivity contribution in [1.82, 2.24) is 9.97 Å². The molecule has 0 saturated carbocycles. The van der Waals surface area contributed by atoms with Crippen LogP contribution in [0, 0.1) is 0 Å². The van der Waals surface area contributed by atoms with Crippen molar-refractivity contribution in [1.29, 1.82) is 0 Å². The molecule has 116 valence electrons. The molecule has 0 amide bonds. The number of esters is 1. The van der Waals surface area contributed by atoms with Gasteiger partial charge in [-0.2, -0.15) is 0 Å². The monoisotopic (exact) mass is 307 g/mol. The third-order valence-corrected chi connectivity index (χ3v) is 3.50. The minimum atomic E-state index is -0.495. The number of methoxy groups -OCH3 is 1. The van der Waals surface area contributed by atoms with Gasteiger partial charge in [-0.25, -0.2) is 14.8 Å². The van der Waals surface area contributed by atoms with Gasteiger partial charge < -0.3 is 10.1 Å². The van der Waals surface area contributed by atoms with E-state index in [-0.39, 0.29) is 5.69 Å². The highest BCUT2D eigenvalue weighted by molar-refractivity contribution is 5.95. The molecule has 0 aliphatic rings. The molecule has 5 nitrogen and oxygen atoms in total. The first-order valence-electron chi connectivity index (χ1n) is 7.41. The molecule has 23 heavy (non-hydrogen) atoms. The lowest BCUT2D eigenvalue weighted by Gasteiger charge is -2.10. The fourth-order valence-electron chi connectivity index (χ4n) is 2.33. The molecule has 3 rings (SSSR count). The van der Waals surface area contributed by atoms with E-state index in [1.54, 1.807) is 0 Å². The summed E-state index contributed by atoms with van der Waals surface area (Å²) in [5.74, 6) is -0.0445. The number of fused-ring (bicyclic) bond motifs is 1. The fourth-order valence-corrected chi connectivity index (χ4v) is 2.33. The number of ether oxygens (including phenoxy) is 1.